The maximum absolute atomic E-state index is 12.5. The number of hydrogen-bond acceptors (Lipinski definition) is 3. The number of nitrogens with one attached hydrogen (secondary N) is 2. The lowest BCUT2D eigenvalue weighted by Crippen LogP contribution is -2.62. The largest absolute Gasteiger partial charge is 0.383 e. The first-order valence-electron chi connectivity index (χ1n) is 10.6. The Morgan fingerprint density at radius 3 is 2.66 bits per heavy atom. The van der Waals surface area contributed by atoms with E-state index < -0.39 is 17.1 Å². The maximum Gasteiger partial charge on any atom is 0.315 e. The van der Waals surface area contributed by atoms with Crippen LogP contribution in [0.1, 0.15) is 52.5 Å². The first-order valence-corrected chi connectivity index (χ1v) is 10.6. The van der Waals surface area contributed by atoms with E-state index in [4.69, 9.17) is 4.74 Å². The van der Waals surface area contributed by atoms with Crippen molar-refractivity contribution in [2.45, 2.75) is 58.6 Å². The van der Waals surface area contributed by atoms with Crippen LogP contribution in [0.3, 0.4) is 0 Å². The highest BCUT2D eigenvalue weighted by Crippen LogP contribution is 2.42. The number of hydrogen-bond donors (Lipinski definition) is 3. The molecule has 2 amide bonds. The second-order valence-corrected chi connectivity index (χ2v) is 8.33. The van der Waals surface area contributed by atoms with Gasteiger partial charge in [-0.05, 0) is 24.5 Å². The van der Waals surface area contributed by atoms with Crippen LogP contribution in [0.5, 0.6) is 0 Å². The summed E-state index contributed by atoms with van der Waals surface area (Å²) in [5.74, 6) is 0. The summed E-state index contributed by atoms with van der Waals surface area (Å²) in [5, 5.41) is 17.8. The van der Waals surface area contributed by atoms with Gasteiger partial charge in [0.1, 0.15) is 5.60 Å². The van der Waals surface area contributed by atoms with Gasteiger partial charge in [0.05, 0.1) is 12.6 Å². The molecule has 0 radical (unpaired) electrons. The third kappa shape index (κ3) is 5.94. The number of carbonyl (C=O) groups excluding carboxylic acids is 1. The van der Waals surface area contributed by atoms with Gasteiger partial charge in [0.25, 0.3) is 0 Å². The molecule has 0 aromatic heterocycles. The Labute approximate surface area is 175 Å². The smallest absolute Gasteiger partial charge is 0.315 e. The predicted octanol–water partition coefficient (Wildman–Crippen LogP) is 4.29. The molecule has 0 bridgehead atoms. The van der Waals surface area contributed by atoms with Crippen LogP contribution >= 0.6 is 0 Å². The van der Waals surface area contributed by atoms with Gasteiger partial charge in [-0.2, -0.15) is 0 Å². The van der Waals surface area contributed by atoms with E-state index in [-0.39, 0.29) is 6.03 Å². The van der Waals surface area contributed by atoms with Crippen molar-refractivity contribution >= 4 is 11.6 Å². The van der Waals surface area contributed by atoms with Crippen molar-refractivity contribution in [3.05, 3.63) is 54.1 Å². The lowest BCUT2D eigenvalue weighted by atomic mass is 9.68. The van der Waals surface area contributed by atoms with Gasteiger partial charge in [-0.25, -0.2) is 4.79 Å². The van der Waals surface area contributed by atoms with Crippen LogP contribution in [0.2, 0.25) is 0 Å². The van der Waals surface area contributed by atoms with Crippen LogP contribution in [-0.4, -0.2) is 42.5 Å². The third-order valence-corrected chi connectivity index (χ3v) is 5.37. The SMILES string of the molecule is CCCCOCC(C)(C)C(NC(=O)NCC)C1(O)CC=CC=C1c1ccccc1. The summed E-state index contributed by atoms with van der Waals surface area (Å²) in [6, 6.07) is 9.03. The molecule has 0 saturated carbocycles. The Morgan fingerprint density at radius 1 is 1.28 bits per heavy atom. The van der Waals surface area contributed by atoms with Gasteiger partial charge in [0.2, 0.25) is 0 Å². The molecule has 1 aromatic carbocycles. The number of allylic oxidation sites excluding steroid dienone is 2. The molecule has 0 heterocycles. The molecular weight excluding hydrogens is 364 g/mol. The molecule has 2 unspecified atom stereocenters. The van der Waals surface area contributed by atoms with Gasteiger partial charge >= 0.3 is 6.03 Å². The molecule has 1 aliphatic carbocycles. The highest BCUT2D eigenvalue weighted by Gasteiger charge is 2.49. The van der Waals surface area contributed by atoms with Gasteiger partial charge in [-0.1, -0.05) is 75.8 Å². The van der Waals surface area contributed by atoms with Crippen molar-refractivity contribution in [3.8, 4) is 0 Å². The van der Waals surface area contributed by atoms with Crippen LogP contribution in [-0.2, 0) is 4.74 Å². The van der Waals surface area contributed by atoms with E-state index in [1.807, 2.05) is 69.3 Å². The van der Waals surface area contributed by atoms with E-state index in [9.17, 15) is 9.90 Å². The summed E-state index contributed by atoms with van der Waals surface area (Å²) in [5.41, 5.74) is 0.0135. The molecule has 29 heavy (non-hydrogen) atoms. The normalized spacial score (nSPS) is 20.1. The fraction of sp³-hybridized carbons (Fsp3) is 0.542. The van der Waals surface area contributed by atoms with Crippen molar-refractivity contribution in [1.29, 1.82) is 0 Å². The van der Waals surface area contributed by atoms with Crippen LogP contribution in [0.4, 0.5) is 4.79 Å². The minimum Gasteiger partial charge on any atom is -0.383 e. The van der Waals surface area contributed by atoms with E-state index in [2.05, 4.69) is 17.6 Å². The summed E-state index contributed by atoms with van der Waals surface area (Å²) >= 11 is 0. The first kappa shape index (κ1) is 23.2. The van der Waals surface area contributed by atoms with Crippen molar-refractivity contribution in [3.63, 3.8) is 0 Å². The van der Waals surface area contributed by atoms with Gasteiger partial charge in [0.15, 0.2) is 0 Å². The number of benzene rings is 1. The Hall–Kier alpha value is -2.11. The number of urea groups is 1. The fourth-order valence-electron chi connectivity index (χ4n) is 3.87. The maximum atomic E-state index is 12.5. The van der Waals surface area contributed by atoms with Crippen molar-refractivity contribution in [2.24, 2.45) is 5.41 Å². The van der Waals surface area contributed by atoms with E-state index in [0.717, 1.165) is 24.0 Å². The van der Waals surface area contributed by atoms with Crippen LogP contribution in [0.25, 0.3) is 5.57 Å². The Morgan fingerprint density at radius 2 is 2.00 bits per heavy atom. The molecule has 0 fully saturated rings. The molecule has 160 valence electrons. The minimum atomic E-state index is -1.25. The van der Waals surface area contributed by atoms with Crippen molar-refractivity contribution < 1.29 is 14.6 Å². The summed E-state index contributed by atoms with van der Waals surface area (Å²) in [6.07, 6.45) is 8.34. The molecule has 0 spiro atoms. The number of rotatable bonds is 10. The van der Waals surface area contributed by atoms with Gasteiger partial charge < -0.3 is 20.5 Å². The van der Waals surface area contributed by atoms with Crippen molar-refractivity contribution in [2.75, 3.05) is 19.8 Å². The number of amides is 2. The molecule has 0 aliphatic heterocycles. The topological polar surface area (TPSA) is 70.6 Å². The molecular formula is C24H36N2O3. The fourth-order valence-corrected chi connectivity index (χ4v) is 3.87. The minimum absolute atomic E-state index is 0.283. The van der Waals surface area contributed by atoms with Gasteiger partial charge in [-0.15, -0.1) is 0 Å². The highest BCUT2D eigenvalue weighted by atomic mass is 16.5. The van der Waals surface area contributed by atoms with Gasteiger partial charge in [0, 0.05) is 25.0 Å². The van der Waals surface area contributed by atoms with Crippen LogP contribution in [0.15, 0.2) is 48.6 Å². The monoisotopic (exact) mass is 400 g/mol. The lowest BCUT2D eigenvalue weighted by Gasteiger charge is -2.47. The lowest BCUT2D eigenvalue weighted by molar-refractivity contribution is -0.0287. The zero-order valence-corrected chi connectivity index (χ0v) is 18.2. The second kappa shape index (κ2) is 10.6. The molecule has 1 aliphatic rings. The Balaban J connectivity index is 2.38. The van der Waals surface area contributed by atoms with Crippen LogP contribution in [0, 0.1) is 5.41 Å². The van der Waals surface area contributed by atoms with Gasteiger partial charge in [-0.3, -0.25) is 0 Å². The predicted molar refractivity (Wildman–Crippen MR) is 119 cm³/mol. The van der Waals surface area contributed by atoms with E-state index in [1.54, 1.807) is 0 Å². The zero-order chi connectivity index (χ0) is 21.3. The summed E-state index contributed by atoms with van der Waals surface area (Å²) in [6.45, 7) is 9.71. The summed E-state index contributed by atoms with van der Waals surface area (Å²) < 4.78 is 5.92. The van der Waals surface area contributed by atoms with E-state index >= 15 is 0 Å². The molecule has 2 atom stereocenters. The molecule has 5 heteroatoms. The quantitative estimate of drug-likeness (QED) is 0.513. The van der Waals surface area contributed by atoms with Crippen molar-refractivity contribution in [1.82, 2.24) is 10.6 Å². The summed E-state index contributed by atoms with van der Waals surface area (Å²) in [7, 11) is 0. The average Bonchev–Trinajstić information content (AvgIpc) is 2.70. The molecule has 3 N–H and O–H groups in total. The van der Waals surface area contributed by atoms with E-state index in [0.29, 0.717) is 26.2 Å². The number of ether oxygens (including phenoxy) is 1. The number of aliphatic hydroxyl groups is 1. The molecule has 5 nitrogen and oxygen atoms in total. The van der Waals surface area contributed by atoms with E-state index in [1.165, 1.54) is 0 Å². The molecule has 2 rings (SSSR count). The number of unbranched alkanes of at least 4 members (excludes halogenated alkanes) is 1. The standard InChI is InChI=1S/C24H36N2O3/c1-5-7-17-29-18-23(3,4)21(26-22(27)25-6-2)24(28)16-12-11-15-20(24)19-13-9-8-10-14-19/h8-15,21,28H,5-7,16-18H2,1-4H3,(H2,25,26,27). The first-order chi connectivity index (χ1) is 13.8. The average molecular weight is 401 g/mol. The summed E-state index contributed by atoms with van der Waals surface area (Å²) in [4.78, 5) is 12.5. The molecule has 0 saturated heterocycles. The number of carbonyl (C=O) groups is 1. The third-order valence-electron chi connectivity index (χ3n) is 5.37. The molecule has 1 aromatic rings. The second-order valence-electron chi connectivity index (χ2n) is 8.33. The Bertz CT molecular complexity index is 712. The zero-order valence-electron chi connectivity index (χ0n) is 18.2. The Kier molecular flexibility index (Phi) is 8.47. The highest BCUT2D eigenvalue weighted by molar-refractivity contribution is 5.79. The van der Waals surface area contributed by atoms with Crippen LogP contribution < -0.4 is 10.6 Å².